The van der Waals surface area contributed by atoms with Gasteiger partial charge in [0.25, 0.3) is 22.7 Å². The molecule has 0 aliphatic rings. The molecule has 3 aromatic heterocycles. The molecule has 0 spiro atoms. The van der Waals surface area contributed by atoms with Crippen molar-refractivity contribution in [3.63, 3.8) is 0 Å². The molecule has 2 amide bonds. The van der Waals surface area contributed by atoms with Crippen molar-refractivity contribution in [3.05, 3.63) is 178 Å². The molecule has 480 valence electrons. The molecule has 0 saturated carbocycles. The molecule has 0 aliphatic heterocycles. The normalized spacial score (nSPS) is 10.7. The maximum Gasteiger partial charge on any atom is 0.323 e. The molecular formula is C67H78N10O14. The molecule has 24 heteroatoms. The minimum Gasteiger partial charge on any atom is -0.468 e. The Balaban J connectivity index is 0.000000248. The molecule has 0 bridgehead atoms. The molecule has 8 aromatic rings. The number of nitrogen functional groups attached to an aromatic ring is 1. The lowest BCUT2D eigenvalue weighted by Gasteiger charge is -2.13. The number of carbonyl (C=O) groups excluding carboxylic acids is 4. The molecule has 0 unspecified atom stereocenters. The fourth-order valence-electron chi connectivity index (χ4n) is 8.27. The number of anilines is 3. The van der Waals surface area contributed by atoms with Gasteiger partial charge in [0.2, 0.25) is 11.8 Å². The van der Waals surface area contributed by atoms with Crippen molar-refractivity contribution in [2.24, 2.45) is 10.8 Å². The maximum absolute atomic E-state index is 11.8. The van der Waals surface area contributed by atoms with Gasteiger partial charge in [-0.15, -0.1) is 0 Å². The average molecular weight is 1250 g/mol. The number of amides is 2. The monoisotopic (exact) mass is 1250 g/mol. The van der Waals surface area contributed by atoms with Gasteiger partial charge in [-0.25, -0.2) is 0 Å². The number of benzene rings is 5. The number of nitro groups is 4. The van der Waals surface area contributed by atoms with E-state index >= 15 is 0 Å². The highest BCUT2D eigenvalue weighted by atomic mass is 16.6. The number of esters is 2. The van der Waals surface area contributed by atoms with Gasteiger partial charge in [0.05, 0.1) is 56.4 Å². The number of hydrogen-bond acceptors (Lipinski definition) is 15. The van der Waals surface area contributed by atoms with Crippen LogP contribution >= 0.6 is 0 Å². The van der Waals surface area contributed by atoms with Gasteiger partial charge in [-0.1, -0.05) is 79.1 Å². The van der Waals surface area contributed by atoms with Gasteiger partial charge in [-0.2, -0.15) is 0 Å². The highest BCUT2D eigenvalue weighted by Crippen LogP contribution is 2.29. The fraction of sp³-hybridized carbons (Fsp3) is 0.343. The van der Waals surface area contributed by atoms with Gasteiger partial charge in [0, 0.05) is 117 Å². The summed E-state index contributed by atoms with van der Waals surface area (Å²) in [6.45, 7) is 22.7. The van der Waals surface area contributed by atoms with Crippen LogP contribution in [0, 0.1) is 75.0 Å². The Labute approximate surface area is 527 Å². The largest absolute Gasteiger partial charge is 0.468 e. The third kappa shape index (κ3) is 21.4. The van der Waals surface area contributed by atoms with Crippen LogP contribution in [-0.2, 0) is 28.7 Å². The minimum absolute atomic E-state index is 0.136. The van der Waals surface area contributed by atoms with E-state index in [9.17, 15) is 59.6 Å². The summed E-state index contributed by atoms with van der Waals surface area (Å²) >= 11 is 0. The van der Waals surface area contributed by atoms with Crippen LogP contribution in [0.15, 0.2) is 109 Å². The average Bonchev–Trinajstić information content (AvgIpc) is 2.00. The summed E-state index contributed by atoms with van der Waals surface area (Å²) in [5, 5.41) is 51.4. The molecule has 0 fully saturated rings. The zero-order valence-electron chi connectivity index (χ0n) is 53.5. The molecule has 0 aliphatic carbocycles. The zero-order valence-corrected chi connectivity index (χ0v) is 53.5. The van der Waals surface area contributed by atoms with Crippen molar-refractivity contribution in [2.45, 2.75) is 127 Å². The number of aromatic amines is 3. The molecule has 8 rings (SSSR count). The smallest absolute Gasteiger partial charge is 0.323 e. The van der Waals surface area contributed by atoms with Crippen LogP contribution in [-0.4, -0.2) is 72.6 Å². The van der Waals surface area contributed by atoms with Crippen molar-refractivity contribution in [1.29, 1.82) is 0 Å². The number of nitrogens with zero attached hydrogens (tertiary/aromatic N) is 4. The number of ether oxygens (including phenoxy) is 2. The van der Waals surface area contributed by atoms with E-state index in [-0.39, 0.29) is 55.5 Å². The number of nitrogens with two attached hydrogens (primary N) is 1. The third-order valence-electron chi connectivity index (χ3n) is 13.5. The quantitative estimate of drug-likeness (QED) is 0.0183. The van der Waals surface area contributed by atoms with Crippen molar-refractivity contribution in [3.8, 4) is 23.7 Å². The summed E-state index contributed by atoms with van der Waals surface area (Å²) < 4.78 is 9.35. The molecule has 0 radical (unpaired) electrons. The number of fused-ring (bicyclic) bond motifs is 3. The Hall–Kier alpha value is -10.9. The first-order valence-corrected chi connectivity index (χ1v) is 29.1. The van der Waals surface area contributed by atoms with Crippen molar-refractivity contribution >= 4 is 96.3 Å². The van der Waals surface area contributed by atoms with Crippen LogP contribution in [0.5, 0.6) is 0 Å². The van der Waals surface area contributed by atoms with E-state index in [4.69, 9.17) is 5.73 Å². The summed E-state index contributed by atoms with van der Waals surface area (Å²) in [6, 6.07) is 29.7. The Morgan fingerprint density at radius 3 is 1.08 bits per heavy atom. The molecule has 24 nitrogen and oxygen atoms in total. The molecule has 5 aromatic carbocycles. The van der Waals surface area contributed by atoms with Gasteiger partial charge in [-0.3, -0.25) is 59.6 Å². The zero-order chi connectivity index (χ0) is 68.1. The van der Waals surface area contributed by atoms with Gasteiger partial charge in [0.15, 0.2) is 0 Å². The number of carbonyl (C=O) groups is 4. The van der Waals surface area contributed by atoms with Gasteiger partial charge in [0.1, 0.15) is 10.8 Å². The Morgan fingerprint density at radius 2 is 0.780 bits per heavy atom. The van der Waals surface area contributed by atoms with Crippen molar-refractivity contribution in [1.82, 2.24) is 15.0 Å². The number of hydrogen-bond donors (Lipinski definition) is 6. The fourth-order valence-corrected chi connectivity index (χ4v) is 8.27. The number of H-pyrrole nitrogens is 3. The third-order valence-corrected chi connectivity index (χ3v) is 13.5. The number of methoxy groups -OCH3 is 2. The van der Waals surface area contributed by atoms with E-state index in [0.717, 1.165) is 44.4 Å². The van der Waals surface area contributed by atoms with Crippen LogP contribution in [0.4, 0.5) is 39.8 Å². The van der Waals surface area contributed by atoms with E-state index in [0.29, 0.717) is 54.8 Å². The van der Waals surface area contributed by atoms with E-state index in [2.05, 4.69) is 106 Å². The second-order valence-corrected chi connectivity index (χ2v) is 22.8. The number of nitrogens with one attached hydrogen (secondary N) is 5. The molecule has 0 saturated heterocycles. The predicted molar refractivity (Wildman–Crippen MR) is 354 cm³/mol. The van der Waals surface area contributed by atoms with Gasteiger partial charge < -0.3 is 40.8 Å². The van der Waals surface area contributed by atoms with Crippen LogP contribution in [0.2, 0.25) is 0 Å². The van der Waals surface area contributed by atoms with Crippen LogP contribution < -0.4 is 16.4 Å². The number of aromatic nitrogens is 3. The second-order valence-electron chi connectivity index (χ2n) is 22.8. The maximum atomic E-state index is 11.8. The Morgan fingerprint density at radius 1 is 0.484 bits per heavy atom. The van der Waals surface area contributed by atoms with E-state index < -0.39 is 32.6 Å². The Bertz CT molecular complexity index is 3870. The summed E-state index contributed by atoms with van der Waals surface area (Å²) in [5.41, 5.74) is 12.1. The van der Waals surface area contributed by atoms with E-state index in [1.807, 2.05) is 44.2 Å². The summed E-state index contributed by atoms with van der Waals surface area (Å²) in [4.78, 5) is 97.9. The highest BCUT2D eigenvalue weighted by Gasteiger charge is 2.27. The lowest BCUT2D eigenvalue weighted by Crippen LogP contribution is -2.23. The van der Waals surface area contributed by atoms with Crippen LogP contribution in [0.3, 0.4) is 0 Å². The lowest BCUT2D eigenvalue weighted by molar-refractivity contribution is -0.385. The minimum atomic E-state index is -1.08. The first kappa shape index (κ1) is 72.6. The van der Waals surface area contributed by atoms with E-state index in [1.54, 1.807) is 52.0 Å². The van der Waals surface area contributed by atoms with Gasteiger partial charge in [-0.05, 0) is 119 Å². The standard InChI is InChI=1S/2C17H20N2O5.2C11H12N2O2.C11H14N2/c2*1-5-6-15(20)18-14-8-7-13(19(22)23)11-12(14)9-10-17(2,3)16(21)24-4;2*1-7(2)11-6-8-5-9(13(14)15)3-4-10(8)12-11;1-7(2)11-6-8-5-9(12)3-4-10(8)13-11/h2*7-8,11H,5-6H2,1-4H3,(H,18,20);2*3-7,12H,1-2H3;3-7,13H,12H2,1-2H3. The lowest BCUT2D eigenvalue weighted by atomic mass is 9.94. The first-order chi connectivity index (χ1) is 42.7. The predicted octanol–water partition coefficient (Wildman–Crippen LogP) is 15.0. The first-order valence-electron chi connectivity index (χ1n) is 29.1. The van der Waals surface area contributed by atoms with E-state index in [1.165, 1.54) is 73.8 Å². The molecule has 91 heavy (non-hydrogen) atoms. The summed E-state index contributed by atoms with van der Waals surface area (Å²) in [5.74, 6) is 10.8. The van der Waals surface area contributed by atoms with Crippen molar-refractivity contribution < 1.29 is 48.3 Å². The molecule has 0 atom stereocenters. The highest BCUT2D eigenvalue weighted by molar-refractivity contribution is 5.94. The summed E-state index contributed by atoms with van der Waals surface area (Å²) in [7, 11) is 2.52. The van der Waals surface area contributed by atoms with Crippen LogP contribution in [0.1, 0.15) is 155 Å². The second kappa shape index (κ2) is 32.9. The topological polar surface area (TPSA) is 357 Å². The Kier molecular flexibility index (Phi) is 26.3. The molecule has 7 N–H and O–H groups in total. The van der Waals surface area contributed by atoms with Crippen LogP contribution in [0.25, 0.3) is 32.7 Å². The SMILES string of the molecule is CC(C)c1cc2cc(N)ccc2[nH]1.CC(C)c1cc2cc([N+](=O)[O-])ccc2[nH]1.CC(C)c1cc2cc([N+](=O)[O-])ccc2[nH]1.CCCC(=O)Nc1ccc([N+](=O)[O-])cc1C#CC(C)(C)C(=O)OC.CCCC(=O)Nc1ccc([N+](=O)[O-])cc1C#CC(C)(C)C(=O)OC. The summed E-state index contributed by atoms with van der Waals surface area (Å²) in [6.07, 6.45) is 2.01. The molecule has 3 heterocycles. The number of rotatable bonds is 15. The molecular weight excluding hydrogens is 1170 g/mol. The van der Waals surface area contributed by atoms with Crippen molar-refractivity contribution in [2.75, 3.05) is 30.6 Å². The number of nitro benzene ring substituents is 4. The number of non-ortho nitro benzene ring substituents is 4. The van der Waals surface area contributed by atoms with Gasteiger partial charge >= 0.3 is 11.9 Å².